The van der Waals surface area contributed by atoms with E-state index in [4.69, 9.17) is 20.9 Å². The van der Waals surface area contributed by atoms with Gasteiger partial charge in [0.05, 0.1) is 55.9 Å². The molecule has 0 radical (unpaired) electrons. The van der Waals surface area contributed by atoms with Crippen molar-refractivity contribution in [3.05, 3.63) is 72.8 Å². The molecule has 6 rings (SSSR count). The summed E-state index contributed by atoms with van der Waals surface area (Å²) >= 11 is 0. The number of phenolic OH excluding ortho intramolecular Hbond substituents is 2. The zero-order valence-electron chi connectivity index (χ0n) is 34.1. The van der Waals surface area contributed by atoms with Gasteiger partial charge in [-0.1, -0.05) is 31.7 Å². The fourth-order valence-electron chi connectivity index (χ4n) is 6.00. The summed E-state index contributed by atoms with van der Waals surface area (Å²) in [5.74, 6) is -1.52. The predicted octanol–water partition coefficient (Wildman–Crippen LogP) is -6.65. The molecule has 30 heteroatoms. The standard InChI is InChI=1S/C34H28N6O16S4.CH4.4Na/c1-55-23-11-15(3-7-19(23)37-39-21-9-5-17-25(57(43,44)45)13-27(59(49,50)51)31(35)29(17)33(21)41)16-4-8-20(24(12-16)56-2)38-40-22-10-6-18-26(58(46,47)48)14-28(60(52,53)54)32(36)30(18)34(22)42;;;;;/h3-14,41-42H,35-36H2,1-2H3,(H,43,44,45)(H,46,47,48)(H,49,50,51)(H,52,53,54);1H4;;;;/q;;4*+1/p-4. The third kappa shape index (κ3) is 12.6. The number of azo groups is 2. The summed E-state index contributed by atoms with van der Waals surface area (Å²) in [5.41, 5.74) is 10.5. The smallest absolute Gasteiger partial charge is 0.744 e. The van der Waals surface area contributed by atoms with E-state index >= 15 is 0 Å². The molecule has 0 aliphatic heterocycles. The molecule has 0 bridgehead atoms. The number of fused-ring (bicyclic) bond motifs is 2. The van der Waals surface area contributed by atoms with Crippen molar-refractivity contribution in [3.8, 4) is 34.1 Å². The Labute approximate surface area is 460 Å². The average Bonchev–Trinajstić information content (AvgIpc) is 3.15. The number of hydrogen-bond donors (Lipinski definition) is 4. The summed E-state index contributed by atoms with van der Waals surface area (Å²) < 4.78 is 153. The molecule has 0 fully saturated rings. The summed E-state index contributed by atoms with van der Waals surface area (Å²) in [6.07, 6.45) is 0. The number of phenols is 2. The van der Waals surface area contributed by atoms with E-state index in [1.807, 2.05) is 0 Å². The van der Waals surface area contributed by atoms with Crippen LogP contribution in [0.4, 0.5) is 34.1 Å². The molecule has 0 unspecified atom stereocenters. The Morgan fingerprint density at radius 1 is 0.462 bits per heavy atom. The van der Waals surface area contributed by atoms with Gasteiger partial charge in [-0.25, -0.2) is 33.7 Å². The first-order valence-corrected chi connectivity index (χ1v) is 21.7. The van der Waals surface area contributed by atoms with Gasteiger partial charge >= 0.3 is 118 Å². The molecule has 322 valence electrons. The Morgan fingerprint density at radius 3 is 1.02 bits per heavy atom. The fourth-order valence-corrected chi connectivity index (χ4v) is 8.82. The summed E-state index contributed by atoms with van der Waals surface area (Å²) in [6, 6.07) is 13.9. The molecule has 0 saturated carbocycles. The molecular formula is C35H28N6Na4O16S4. The van der Waals surface area contributed by atoms with Crippen molar-refractivity contribution in [1.29, 1.82) is 0 Å². The van der Waals surface area contributed by atoms with Crippen LogP contribution in [0, 0.1) is 0 Å². The van der Waals surface area contributed by atoms with Crippen LogP contribution in [0.1, 0.15) is 7.43 Å². The monoisotopic (exact) mass is 1010 g/mol. The molecule has 65 heavy (non-hydrogen) atoms. The summed E-state index contributed by atoms with van der Waals surface area (Å²) in [7, 11) is -18.9. The van der Waals surface area contributed by atoms with E-state index in [0.717, 1.165) is 24.3 Å². The minimum Gasteiger partial charge on any atom is -0.744 e. The van der Waals surface area contributed by atoms with E-state index in [1.54, 1.807) is 12.1 Å². The van der Waals surface area contributed by atoms with Crippen molar-refractivity contribution in [3.63, 3.8) is 0 Å². The number of methoxy groups -OCH3 is 2. The molecule has 0 aliphatic rings. The topological polar surface area (TPSA) is 389 Å². The van der Waals surface area contributed by atoms with E-state index < -0.39 is 104 Å². The molecule has 0 amide bonds. The van der Waals surface area contributed by atoms with Crippen LogP contribution in [0.5, 0.6) is 23.0 Å². The van der Waals surface area contributed by atoms with E-state index in [1.165, 1.54) is 38.5 Å². The number of aromatic hydroxyl groups is 2. The van der Waals surface area contributed by atoms with Crippen molar-refractivity contribution in [2.75, 3.05) is 25.7 Å². The maximum absolute atomic E-state index is 11.9. The number of ether oxygens (including phenoxy) is 2. The van der Waals surface area contributed by atoms with Crippen molar-refractivity contribution < 1.29 is 190 Å². The molecule has 0 heterocycles. The molecule has 6 aromatic carbocycles. The van der Waals surface area contributed by atoms with Crippen molar-refractivity contribution in [2.24, 2.45) is 20.5 Å². The first-order valence-electron chi connectivity index (χ1n) is 16.1. The normalized spacial score (nSPS) is 11.8. The van der Waals surface area contributed by atoms with Gasteiger partial charge in [0.25, 0.3) is 0 Å². The number of hydrogen-bond acceptors (Lipinski definition) is 22. The van der Waals surface area contributed by atoms with Gasteiger partial charge in [-0.2, -0.15) is 0 Å². The number of nitrogen functional groups attached to an aromatic ring is 2. The Bertz CT molecular complexity index is 3140. The van der Waals surface area contributed by atoms with E-state index in [0.29, 0.717) is 23.3 Å². The number of nitrogens with two attached hydrogens (primary N) is 2. The fraction of sp³-hybridized carbons (Fsp3) is 0.0857. The molecule has 0 aliphatic carbocycles. The zero-order valence-corrected chi connectivity index (χ0v) is 45.4. The first-order chi connectivity index (χ1) is 27.9. The molecule has 0 aromatic heterocycles. The largest absolute Gasteiger partial charge is 1.00 e. The minimum absolute atomic E-state index is 0. The third-order valence-electron chi connectivity index (χ3n) is 8.74. The zero-order chi connectivity index (χ0) is 44.3. The van der Waals surface area contributed by atoms with Gasteiger partial charge in [0.2, 0.25) is 0 Å². The second kappa shape index (κ2) is 22.7. The number of rotatable bonds is 11. The van der Waals surface area contributed by atoms with Crippen LogP contribution in [0.2, 0.25) is 0 Å². The predicted molar refractivity (Wildman–Crippen MR) is 212 cm³/mol. The van der Waals surface area contributed by atoms with Crippen molar-refractivity contribution >= 4 is 96.1 Å². The van der Waals surface area contributed by atoms with Gasteiger partial charge in [0.15, 0.2) is 11.5 Å². The maximum Gasteiger partial charge on any atom is 1.00 e. The number of anilines is 2. The molecular weight excluding hydrogens is 981 g/mol. The van der Waals surface area contributed by atoms with Crippen molar-refractivity contribution in [2.45, 2.75) is 27.0 Å². The maximum atomic E-state index is 11.9. The third-order valence-corrected chi connectivity index (χ3v) is 12.2. The Balaban J connectivity index is 0.00000422. The quantitative estimate of drug-likeness (QED) is 0.0406. The van der Waals surface area contributed by atoms with Crippen molar-refractivity contribution in [1.82, 2.24) is 0 Å². The van der Waals surface area contributed by atoms with Gasteiger partial charge < -0.3 is 49.4 Å². The van der Waals surface area contributed by atoms with E-state index in [-0.39, 0.29) is 160 Å². The van der Waals surface area contributed by atoms with Crippen LogP contribution in [0.15, 0.2) is 113 Å². The first kappa shape index (κ1) is 60.5. The molecule has 6 N–H and O–H groups in total. The SMILES string of the molecule is C.COc1cc(-c2ccc(N=Nc3ccc4c(S(=O)(=O)[O-])cc(S(=O)(=O)[O-])c(N)c4c3O)c(OC)c2)ccc1N=Nc1ccc2c(S(=O)(=O)[O-])cc(S(=O)(=O)[O-])c(N)c2c1O.[Na+].[Na+].[Na+].[Na+]. The van der Waals surface area contributed by atoms with Gasteiger partial charge in [-0.05, 0) is 59.7 Å². The minimum atomic E-state index is -5.41. The van der Waals surface area contributed by atoms with Gasteiger partial charge in [-0.15, -0.1) is 20.5 Å². The van der Waals surface area contributed by atoms with E-state index in [2.05, 4.69) is 20.5 Å². The molecule has 0 saturated heterocycles. The molecule has 0 atom stereocenters. The van der Waals surface area contributed by atoms with Crippen LogP contribution in [-0.4, -0.2) is 76.3 Å². The van der Waals surface area contributed by atoms with Crippen LogP contribution in [0.3, 0.4) is 0 Å². The Kier molecular flexibility index (Phi) is 21.1. The number of benzene rings is 6. The Hall–Kier alpha value is -2.52. The second-order valence-corrected chi connectivity index (χ2v) is 17.7. The summed E-state index contributed by atoms with van der Waals surface area (Å²) in [4.78, 5) is -4.73. The Morgan fingerprint density at radius 2 is 0.738 bits per heavy atom. The van der Waals surface area contributed by atoms with Crippen LogP contribution in [0.25, 0.3) is 32.7 Å². The molecule has 0 spiro atoms. The summed E-state index contributed by atoms with van der Waals surface area (Å²) in [6.45, 7) is 0. The van der Waals surface area contributed by atoms with Crippen LogP contribution in [-0.2, 0) is 40.5 Å². The molecule has 22 nitrogen and oxygen atoms in total. The van der Waals surface area contributed by atoms with Crippen LogP contribution < -0.4 is 139 Å². The second-order valence-electron chi connectivity index (χ2n) is 12.3. The van der Waals surface area contributed by atoms with Gasteiger partial charge in [-0.3, -0.25) is 0 Å². The summed E-state index contributed by atoms with van der Waals surface area (Å²) in [5, 5.41) is 35.7. The van der Waals surface area contributed by atoms with Gasteiger partial charge in [0, 0.05) is 10.8 Å². The van der Waals surface area contributed by atoms with Gasteiger partial charge in [0.1, 0.15) is 74.7 Å². The average molecular weight is 1010 g/mol. The molecule has 6 aromatic rings. The van der Waals surface area contributed by atoms with E-state index in [9.17, 15) is 62.1 Å². The van der Waals surface area contributed by atoms with Crippen LogP contribution >= 0.6 is 0 Å². The number of nitrogens with zero attached hydrogens (tertiary/aromatic N) is 4.